The Balaban J connectivity index is 2.13. The van der Waals surface area contributed by atoms with Gasteiger partial charge in [0.2, 0.25) is 0 Å². The molecule has 5 heteroatoms. The van der Waals surface area contributed by atoms with E-state index in [1.54, 1.807) is 6.21 Å². The van der Waals surface area contributed by atoms with Crippen LogP contribution in [0.15, 0.2) is 52.0 Å². The summed E-state index contributed by atoms with van der Waals surface area (Å²) in [7, 11) is 0. The van der Waals surface area contributed by atoms with Gasteiger partial charge >= 0.3 is 0 Å². The van der Waals surface area contributed by atoms with Crippen molar-refractivity contribution in [2.45, 2.75) is 0 Å². The molecule has 2 aromatic carbocycles. The highest BCUT2D eigenvalue weighted by molar-refractivity contribution is 9.10. The quantitative estimate of drug-likeness (QED) is 0.462. The predicted molar refractivity (Wildman–Crippen MR) is 81.8 cm³/mol. The van der Waals surface area contributed by atoms with E-state index in [0.29, 0.717) is 10.0 Å². The van der Waals surface area contributed by atoms with Crippen LogP contribution in [-0.2, 0) is 0 Å². The van der Waals surface area contributed by atoms with Gasteiger partial charge in [0.05, 0.1) is 21.9 Å². The van der Waals surface area contributed by atoms with Crippen LogP contribution in [0.5, 0.6) is 0 Å². The molecule has 0 amide bonds. The molecule has 0 aliphatic rings. The lowest BCUT2D eigenvalue weighted by molar-refractivity contribution is 1.35. The third-order valence-electron chi connectivity index (χ3n) is 2.24. The average molecular weight is 344 g/mol. The molecule has 2 rings (SSSR count). The van der Waals surface area contributed by atoms with Gasteiger partial charge in [-0.2, -0.15) is 5.10 Å². The molecule has 2 nitrogen and oxygen atoms in total. The van der Waals surface area contributed by atoms with Crippen molar-refractivity contribution < 1.29 is 0 Å². The van der Waals surface area contributed by atoms with Crippen molar-refractivity contribution in [2.75, 3.05) is 5.43 Å². The number of hydrogen-bond donors (Lipinski definition) is 1. The number of benzene rings is 2. The topological polar surface area (TPSA) is 24.4 Å². The highest BCUT2D eigenvalue weighted by Crippen LogP contribution is 2.32. The Morgan fingerprint density at radius 3 is 2.44 bits per heavy atom. The summed E-state index contributed by atoms with van der Waals surface area (Å²) in [5.74, 6) is 0. The second-order valence-corrected chi connectivity index (χ2v) is 5.11. The largest absolute Gasteiger partial charge is 0.279 e. The lowest BCUT2D eigenvalue weighted by atomic mass is 10.2. The Morgan fingerprint density at radius 1 is 1.00 bits per heavy atom. The van der Waals surface area contributed by atoms with E-state index in [0.717, 1.165) is 15.7 Å². The van der Waals surface area contributed by atoms with Gasteiger partial charge in [0.25, 0.3) is 0 Å². The second-order valence-electron chi connectivity index (χ2n) is 3.50. The summed E-state index contributed by atoms with van der Waals surface area (Å²) in [6, 6.07) is 13.3. The van der Waals surface area contributed by atoms with Gasteiger partial charge in [0, 0.05) is 10.0 Å². The van der Waals surface area contributed by atoms with Gasteiger partial charge in [0.1, 0.15) is 0 Å². The predicted octanol–water partition coefficient (Wildman–Crippen LogP) is 5.20. The van der Waals surface area contributed by atoms with Crippen LogP contribution in [0.4, 0.5) is 5.69 Å². The fourth-order valence-corrected chi connectivity index (χ4v) is 2.16. The van der Waals surface area contributed by atoms with Crippen LogP contribution in [0, 0.1) is 0 Å². The van der Waals surface area contributed by atoms with Crippen molar-refractivity contribution >= 4 is 51.0 Å². The van der Waals surface area contributed by atoms with E-state index in [4.69, 9.17) is 23.2 Å². The van der Waals surface area contributed by atoms with Crippen molar-refractivity contribution in [1.29, 1.82) is 0 Å². The normalized spacial score (nSPS) is 10.8. The van der Waals surface area contributed by atoms with Crippen LogP contribution in [0.2, 0.25) is 10.0 Å². The van der Waals surface area contributed by atoms with E-state index in [1.165, 1.54) is 0 Å². The lowest BCUT2D eigenvalue weighted by Crippen LogP contribution is -1.91. The molecule has 1 N–H and O–H groups in total. The number of hydrogen-bond acceptors (Lipinski definition) is 2. The molecule has 0 atom stereocenters. The maximum atomic E-state index is 6.10. The van der Waals surface area contributed by atoms with Crippen LogP contribution >= 0.6 is 39.1 Å². The zero-order valence-electron chi connectivity index (χ0n) is 9.20. The minimum Gasteiger partial charge on any atom is -0.279 e. The van der Waals surface area contributed by atoms with Gasteiger partial charge in [-0.1, -0.05) is 47.5 Å². The first-order chi connectivity index (χ1) is 8.68. The molecular formula is C13H9BrCl2N2. The van der Waals surface area contributed by atoms with Crippen molar-refractivity contribution in [1.82, 2.24) is 0 Å². The first kappa shape index (κ1) is 13.4. The lowest BCUT2D eigenvalue weighted by Gasteiger charge is -2.03. The number of nitrogens with one attached hydrogen (secondary N) is 1. The zero-order chi connectivity index (χ0) is 13.0. The first-order valence-electron chi connectivity index (χ1n) is 5.16. The third kappa shape index (κ3) is 3.25. The van der Waals surface area contributed by atoms with E-state index >= 15 is 0 Å². The monoisotopic (exact) mass is 342 g/mol. The standard InChI is InChI=1S/C13H9BrCl2N2/c14-11-7-6-9(12(15)13(11)16)8-17-18-10-4-2-1-3-5-10/h1-8,18H. The van der Waals surface area contributed by atoms with Gasteiger partial charge in [-0.25, -0.2) is 0 Å². The van der Waals surface area contributed by atoms with E-state index in [1.807, 2.05) is 42.5 Å². The fourth-order valence-electron chi connectivity index (χ4n) is 1.33. The molecule has 0 fully saturated rings. The summed E-state index contributed by atoms with van der Waals surface area (Å²) in [6.07, 6.45) is 1.63. The van der Waals surface area contributed by atoms with Gasteiger partial charge in [-0.05, 0) is 34.1 Å². The molecule has 0 radical (unpaired) electrons. The molecule has 0 bridgehead atoms. The molecule has 0 aliphatic carbocycles. The number of nitrogens with zero attached hydrogens (tertiary/aromatic N) is 1. The molecule has 0 aromatic heterocycles. The molecule has 0 saturated heterocycles. The van der Waals surface area contributed by atoms with E-state index in [-0.39, 0.29) is 0 Å². The molecule has 0 saturated carbocycles. The smallest absolute Gasteiger partial charge is 0.0740 e. The van der Waals surface area contributed by atoms with Gasteiger partial charge in [-0.3, -0.25) is 5.43 Å². The van der Waals surface area contributed by atoms with Crippen molar-refractivity contribution in [3.05, 3.63) is 62.5 Å². The Morgan fingerprint density at radius 2 is 1.72 bits per heavy atom. The van der Waals surface area contributed by atoms with E-state index in [9.17, 15) is 0 Å². The summed E-state index contributed by atoms with van der Waals surface area (Å²) in [5, 5.41) is 5.07. The van der Waals surface area contributed by atoms with E-state index < -0.39 is 0 Å². The third-order valence-corrected chi connectivity index (χ3v) is 4.02. The van der Waals surface area contributed by atoms with Crippen LogP contribution in [0.3, 0.4) is 0 Å². The van der Waals surface area contributed by atoms with Crippen LogP contribution < -0.4 is 5.43 Å². The van der Waals surface area contributed by atoms with Gasteiger partial charge in [0.15, 0.2) is 0 Å². The summed E-state index contributed by atoms with van der Waals surface area (Å²) in [4.78, 5) is 0. The molecule has 92 valence electrons. The van der Waals surface area contributed by atoms with Crippen molar-refractivity contribution in [3.63, 3.8) is 0 Å². The number of hydrazone groups is 1. The zero-order valence-corrected chi connectivity index (χ0v) is 12.3. The van der Waals surface area contributed by atoms with Crippen molar-refractivity contribution in [3.8, 4) is 0 Å². The summed E-state index contributed by atoms with van der Waals surface area (Å²) < 4.78 is 0.766. The maximum absolute atomic E-state index is 6.10. The van der Waals surface area contributed by atoms with Crippen LogP contribution in [0.1, 0.15) is 5.56 Å². The first-order valence-corrected chi connectivity index (χ1v) is 6.71. The number of para-hydroxylation sites is 1. The Labute approximate surface area is 124 Å². The van der Waals surface area contributed by atoms with Crippen molar-refractivity contribution in [2.24, 2.45) is 5.10 Å². The fraction of sp³-hybridized carbons (Fsp3) is 0. The van der Waals surface area contributed by atoms with Gasteiger partial charge in [-0.15, -0.1) is 0 Å². The summed E-state index contributed by atoms with van der Waals surface area (Å²) >= 11 is 15.4. The molecule has 18 heavy (non-hydrogen) atoms. The molecule has 0 aliphatic heterocycles. The molecule has 0 spiro atoms. The van der Waals surface area contributed by atoms with E-state index in [2.05, 4.69) is 26.5 Å². The number of rotatable bonds is 3. The van der Waals surface area contributed by atoms with Crippen LogP contribution in [0.25, 0.3) is 0 Å². The SMILES string of the molecule is Clc1c(Br)ccc(C=NNc2ccccc2)c1Cl. The minimum absolute atomic E-state index is 0.477. The second kappa shape index (κ2) is 6.23. The van der Waals surface area contributed by atoms with Crippen LogP contribution in [-0.4, -0.2) is 6.21 Å². The Bertz CT molecular complexity index is 571. The summed E-state index contributed by atoms with van der Waals surface area (Å²) in [5.41, 5.74) is 4.58. The van der Waals surface area contributed by atoms with Gasteiger partial charge < -0.3 is 0 Å². The summed E-state index contributed by atoms with van der Waals surface area (Å²) in [6.45, 7) is 0. The average Bonchev–Trinajstić information content (AvgIpc) is 2.40. The minimum atomic E-state index is 0.477. The molecule has 0 unspecified atom stereocenters. The molecular weight excluding hydrogens is 335 g/mol. The highest BCUT2D eigenvalue weighted by Gasteiger charge is 2.06. The maximum Gasteiger partial charge on any atom is 0.0740 e. The Kier molecular flexibility index (Phi) is 4.64. The number of halogens is 3. The highest BCUT2D eigenvalue weighted by atomic mass is 79.9. The molecule has 0 heterocycles. The Hall–Kier alpha value is -1.03. The molecule has 2 aromatic rings. The number of anilines is 1.